The number of carbonyl (C=O) groups excluding carboxylic acids is 3. The lowest BCUT2D eigenvalue weighted by Gasteiger charge is -2.31. The fourth-order valence-corrected chi connectivity index (χ4v) is 3.85. The molecule has 3 N–H and O–H groups in total. The molecule has 200 valence electrons. The van der Waals surface area contributed by atoms with Crippen LogP contribution in [0.2, 0.25) is 0 Å². The average Bonchev–Trinajstić information content (AvgIpc) is 3.21. The van der Waals surface area contributed by atoms with Gasteiger partial charge < -0.3 is 20.1 Å². The molecule has 2 aromatic rings. The number of hydrogen-bond donors (Lipinski definition) is 3. The van der Waals surface area contributed by atoms with Gasteiger partial charge in [-0.1, -0.05) is 26.0 Å². The van der Waals surface area contributed by atoms with Crippen LogP contribution in [0.5, 0.6) is 0 Å². The summed E-state index contributed by atoms with van der Waals surface area (Å²) in [5.41, 5.74) is -0.0320. The van der Waals surface area contributed by atoms with Crippen LogP contribution >= 0.6 is 0 Å². The van der Waals surface area contributed by atoms with E-state index >= 15 is 0 Å². The zero-order chi connectivity index (χ0) is 27.1. The molecular formula is C25H31F2N5O5. The van der Waals surface area contributed by atoms with E-state index in [0.29, 0.717) is 18.7 Å². The number of pyridine rings is 1. The first-order valence-electron chi connectivity index (χ1n) is 11.8. The number of fused-ring (bicyclic) bond motifs is 1. The second-order valence-electron chi connectivity index (χ2n) is 8.88. The predicted octanol–water partition coefficient (Wildman–Crippen LogP) is 2.59. The lowest BCUT2D eigenvalue weighted by Crippen LogP contribution is -2.57. The molecule has 1 aromatic heterocycles. The Morgan fingerprint density at radius 2 is 1.84 bits per heavy atom. The topological polar surface area (TPSA) is 122 Å². The maximum Gasteiger partial charge on any atom is 0.413 e. The Bertz CT molecular complexity index is 1110. The van der Waals surface area contributed by atoms with E-state index in [-0.39, 0.29) is 18.2 Å². The highest BCUT2D eigenvalue weighted by atomic mass is 19.1. The van der Waals surface area contributed by atoms with Gasteiger partial charge in [0.15, 0.2) is 6.23 Å². The summed E-state index contributed by atoms with van der Waals surface area (Å²) in [4.78, 5) is 44.5. The molecule has 10 nitrogen and oxygen atoms in total. The molecule has 0 saturated carbocycles. The van der Waals surface area contributed by atoms with Gasteiger partial charge in [0.05, 0.1) is 12.6 Å². The van der Waals surface area contributed by atoms with E-state index in [1.807, 2.05) is 0 Å². The fraction of sp³-hybridized carbons (Fsp3) is 0.440. The second-order valence-corrected chi connectivity index (χ2v) is 8.88. The minimum atomic E-state index is -1.15. The fourth-order valence-electron chi connectivity index (χ4n) is 3.85. The Balaban J connectivity index is 1.79. The molecule has 12 heteroatoms. The normalized spacial score (nSPS) is 16.2. The summed E-state index contributed by atoms with van der Waals surface area (Å²) >= 11 is 0. The van der Waals surface area contributed by atoms with Gasteiger partial charge in [0.1, 0.15) is 29.2 Å². The monoisotopic (exact) mass is 519 g/mol. The Hall–Kier alpha value is -3.64. The highest BCUT2D eigenvalue weighted by molar-refractivity contribution is 6.01. The number of nitrogens with zero attached hydrogens (tertiary/aromatic N) is 2. The van der Waals surface area contributed by atoms with Crippen molar-refractivity contribution in [1.29, 1.82) is 0 Å². The Morgan fingerprint density at radius 1 is 1.14 bits per heavy atom. The van der Waals surface area contributed by atoms with Crippen LogP contribution < -0.4 is 20.9 Å². The third-order valence-corrected chi connectivity index (χ3v) is 5.83. The van der Waals surface area contributed by atoms with Crippen LogP contribution in [0.3, 0.4) is 0 Å². The first kappa shape index (κ1) is 27.9. The first-order valence-corrected chi connectivity index (χ1v) is 11.8. The van der Waals surface area contributed by atoms with Crippen molar-refractivity contribution in [2.45, 2.75) is 45.5 Å². The number of anilines is 2. The molecule has 2 heterocycles. The number of halogens is 2. The molecule has 3 rings (SSSR count). The predicted molar refractivity (Wildman–Crippen MR) is 132 cm³/mol. The van der Waals surface area contributed by atoms with E-state index in [1.165, 1.54) is 11.1 Å². The molecule has 0 radical (unpaired) electrons. The number of ether oxygens (including phenoxy) is 2. The molecule has 1 aromatic carbocycles. The molecule has 0 bridgehead atoms. The smallest absolute Gasteiger partial charge is 0.413 e. The zero-order valence-electron chi connectivity index (χ0n) is 21.1. The summed E-state index contributed by atoms with van der Waals surface area (Å²) in [5, 5.41) is 7.83. The summed E-state index contributed by atoms with van der Waals surface area (Å²) < 4.78 is 38.4. The van der Waals surface area contributed by atoms with Crippen molar-refractivity contribution in [3.05, 3.63) is 53.7 Å². The largest absolute Gasteiger partial charge is 0.424 e. The van der Waals surface area contributed by atoms with Crippen molar-refractivity contribution >= 4 is 29.4 Å². The molecule has 37 heavy (non-hydrogen) atoms. The Labute approximate surface area is 213 Å². The number of amides is 3. The number of rotatable bonds is 10. The molecule has 0 unspecified atom stereocenters. The summed E-state index contributed by atoms with van der Waals surface area (Å²) in [6.07, 6.45) is -0.708. The van der Waals surface area contributed by atoms with E-state index in [2.05, 4.69) is 20.9 Å². The van der Waals surface area contributed by atoms with Crippen LogP contribution in [0.15, 0.2) is 36.5 Å². The van der Waals surface area contributed by atoms with Crippen LogP contribution in [0.25, 0.3) is 0 Å². The van der Waals surface area contributed by atoms with Crippen molar-refractivity contribution in [2.75, 3.05) is 30.5 Å². The van der Waals surface area contributed by atoms with Crippen LogP contribution in [0.1, 0.15) is 26.3 Å². The first-order chi connectivity index (χ1) is 17.6. The molecule has 0 fully saturated rings. The Morgan fingerprint density at radius 3 is 2.49 bits per heavy atom. The van der Waals surface area contributed by atoms with Gasteiger partial charge >= 0.3 is 6.09 Å². The van der Waals surface area contributed by atoms with Gasteiger partial charge in [-0.05, 0) is 31.0 Å². The van der Waals surface area contributed by atoms with Gasteiger partial charge in [0, 0.05) is 31.8 Å². The van der Waals surface area contributed by atoms with Gasteiger partial charge in [0.25, 0.3) is 5.91 Å². The number of hydrogen-bond acceptors (Lipinski definition) is 7. The van der Waals surface area contributed by atoms with Crippen LogP contribution in [-0.2, 0) is 25.5 Å². The number of aromatic nitrogens is 1. The number of carbonyl (C=O) groups is 3. The minimum absolute atomic E-state index is 0.107. The van der Waals surface area contributed by atoms with Crippen molar-refractivity contribution < 1.29 is 32.6 Å². The summed E-state index contributed by atoms with van der Waals surface area (Å²) in [6.45, 7) is 6.06. The maximum atomic E-state index is 14.0. The van der Waals surface area contributed by atoms with Crippen LogP contribution in [0, 0.1) is 17.6 Å². The van der Waals surface area contributed by atoms with Gasteiger partial charge in [-0.15, -0.1) is 0 Å². The van der Waals surface area contributed by atoms with Crippen molar-refractivity contribution in [1.82, 2.24) is 15.6 Å². The number of benzene rings is 1. The third-order valence-electron chi connectivity index (χ3n) is 5.83. The van der Waals surface area contributed by atoms with Crippen molar-refractivity contribution in [3.63, 3.8) is 0 Å². The third kappa shape index (κ3) is 6.77. The number of nitrogens with one attached hydrogen (secondary N) is 3. The summed E-state index contributed by atoms with van der Waals surface area (Å²) in [6, 6.07) is 4.98. The summed E-state index contributed by atoms with van der Waals surface area (Å²) in [5.74, 6) is -2.94. The van der Waals surface area contributed by atoms with Crippen molar-refractivity contribution in [3.8, 4) is 0 Å². The highest BCUT2D eigenvalue weighted by Crippen LogP contribution is 2.32. The maximum absolute atomic E-state index is 14.0. The lowest BCUT2D eigenvalue weighted by atomic mass is 10.0. The average molecular weight is 520 g/mol. The van der Waals surface area contributed by atoms with Gasteiger partial charge in [-0.3, -0.25) is 19.8 Å². The highest BCUT2D eigenvalue weighted by Gasteiger charge is 2.42. The minimum Gasteiger partial charge on any atom is -0.424 e. The molecule has 1 aliphatic heterocycles. The SMILES string of the molecule is COCCN[C@@H](C)C(=O)N[C@H](C(=O)N1c2ncccc2C[C@@H]1OC(=O)Nc1c(F)cccc1F)C(C)C. The standard InChI is InChI=1S/C25H31F2N5O5/c1-14(2)20(30-23(33)15(3)28-11-12-36-4)24(34)32-19(13-16-7-6-10-29-22(16)32)37-25(35)31-21-17(26)8-5-9-18(21)27/h5-10,14-15,19-20,28H,11-13H2,1-4H3,(H,30,33)(H,31,35)/t15-,19-,20-/m0/s1. The van der Waals surface area contributed by atoms with Gasteiger partial charge in [0.2, 0.25) is 5.91 Å². The van der Waals surface area contributed by atoms with E-state index in [9.17, 15) is 23.2 Å². The molecule has 0 aliphatic carbocycles. The molecular weight excluding hydrogens is 488 g/mol. The quantitative estimate of drug-likeness (QED) is 0.413. The number of methoxy groups -OCH3 is 1. The van der Waals surface area contributed by atoms with E-state index in [4.69, 9.17) is 9.47 Å². The van der Waals surface area contributed by atoms with Crippen LogP contribution in [-0.4, -0.2) is 61.5 Å². The van der Waals surface area contributed by atoms with Gasteiger partial charge in [-0.25, -0.2) is 18.6 Å². The summed E-state index contributed by atoms with van der Waals surface area (Å²) in [7, 11) is 1.55. The molecule has 0 spiro atoms. The van der Waals surface area contributed by atoms with E-state index in [0.717, 1.165) is 18.2 Å². The van der Waals surface area contributed by atoms with E-state index < -0.39 is 53.5 Å². The van der Waals surface area contributed by atoms with Crippen LogP contribution in [0.4, 0.5) is 25.1 Å². The van der Waals surface area contributed by atoms with Crippen molar-refractivity contribution in [2.24, 2.45) is 5.92 Å². The zero-order valence-corrected chi connectivity index (χ0v) is 21.1. The Kier molecular flexibility index (Phi) is 9.48. The molecule has 1 aliphatic rings. The van der Waals surface area contributed by atoms with E-state index in [1.54, 1.807) is 40.0 Å². The van der Waals surface area contributed by atoms with Gasteiger partial charge in [-0.2, -0.15) is 0 Å². The second kappa shape index (κ2) is 12.5. The lowest BCUT2D eigenvalue weighted by molar-refractivity contribution is -0.130. The number of para-hydroxylation sites is 1. The molecule has 0 saturated heterocycles. The molecule has 3 atom stereocenters. The molecule has 3 amide bonds.